The normalized spacial score (nSPS) is 11.2. The molecule has 3 heteroatoms. The van der Waals surface area contributed by atoms with Crippen LogP contribution in [0, 0.1) is 18.3 Å². The Bertz CT molecular complexity index is 390. The number of hydrogen-bond donors (Lipinski definition) is 1. The Morgan fingerprint density at radius 1 is 1.47 bits per heavy atom. The van der Waals surface area contributed by atoms with Gasteiger partial charge in [-0.15, -0.1) is 6.42 Å². The van der Waals surface area contributed by atoms with Gasteiger partial charge in [-0.3, -0.25) is 4.90 Å². The molecule has 0 aliphatic carbocycles. The van der Waals surface area contributed by atoms with Crippen molar-refractivity contribution >= 4 is 0 Å². The molecule has 0 amide bonds. The topological polar surface area (TPSA) is 28.4 Å². The van der Waals surface area contributed by atoms with Crippen molar-refractivity contribution in [2.75, 3.05) is 19.6 Å². The van der Waals surface area contributed by atoms with Crippen LogP contribution in [0.4, 0.5) is 0 Å². The number of rotatable bonds is 9. The van der Waals surface area contributed by atoms with Gasteiger partial charge < -0.3 is 9.73 Å². The maximum atomic E-state index is 5.60. The van der Waals surface area contributed by atoms with Gasteiger partial charge in [0.1, 0.15) is 5.76 Å². The second kappa shape index (κ2) is 8.79. The van der Waals surface area contributed by atoms with Gasteiger partial charge in [0.15, 0.2) is 0 Å². The average molecular weight is 262 g/mol. The minimum atomic E-state index is 0.661. The van der Waals surface area contributed by atoms with E-state index >= 15 is 0 Å². The van der Waals surface area contributed by atoms with Crippen LogP contribution in [0.2, 0.25) is 0 Å². The Labute approximate surface area is 117 Å². The summed E-state index contributed by atoms with van der Waals surface area (Å²) in [5.41, 5.74) is 1.23. The van der Waals surface area contributed by atoms with Crippen LogP contribution < -0.4 is 5.32 Å². The van der Waals surface area contributed by atoms with Crippen LogP contribution in [0.5, 0.6) is 0 Å². The van der Waals surface area contributed by atoms with Crippen molar-refractivity contribution in [1.82, 2.24) is 10.2 Å². The Morgan fingerprint density at radius 2 is 2.26 bits per heavy atom. The van der Waals surface area contributed by atoms with E-state index in [1.165, 1.54) is 5.56 Å². The molecule has 0 radical (unpaired) electrons. The highest BCUT2D eigenvalue weighted by atomic mass is 16.3. The minimum absolute atomic E-state index is 0.661. The molecule has 0 aliphatic heterocycles. The molecule has 0 spiro atoms. The highest BCUT2D eigenvalue weighted by Crippen LogP contribution is 2.13. The lowest BCUT2D eigenvalue weighted by Crippen LogP contribution is -2.25. The number of terminal acetylenes is 1. The van der Waals surface area contributed by atoms with Crippen molar-refractivity contribution in [2.45, 2.75) is 40.3 Å². The minimum Gasteiger partial charge on any atom is -0.468 e. The third kappa shape index (κ3) is 5.96. The van der Waals surface area contributed by atoms with Gasteiger partial charge in [-0.2, -0.15) is 0 Å². The summed E-state index contributed by atoms with van der Waals surface area (Å²) in [4.78, 5) is 2.24. The molecule has 0 aliphatic rings. The quantitative estimate of drug-likeness (QED) is 0.694. The largest absolute Gasteiger partial charge is 0.468 e. The SMILES string of the molecule is C#CCN(CCC)Cc1occc1CNCC(C)C. The van der Waals surface area contributed by atoms with Crippen LogP contribution in [-0.4, -0.2) is 24.5 Å². The van der Waals surface area contributed by atoms with Crippen LogP contribution in [0.25, 0.3) is 0 Å². The summed E-state index contributed by atoms with van der Waals surface area (Å²) >= 11 is 0. The summed E-state index contributed by atoms with van der Waals surface area (Å²) in [6.45, 7) is 10.9. The van der Waals surface area contributed by atoms with Crippen LogP contribution >= 0.6 is 0 Å². The molecule has 0 fully saturated rings. The fraction of sp³-hybridized carbons (Fsp3) is 0.625. The summed E-state index contributed by atoms with van der Waals surface area (Å²) in [6, 6.07) is 2.04. The predicted molar refractivity (Wildman–Crippen MR) is 79.7 cm³/mol. The van der Waals surface area contributed by atoms with Gasteiger partial charge in [-0.05, 0) is 31.5 Å². The number of nitrogens with zero attached hydrogens (tertiary/aromatic N) is 1. The van der Waals surface area contributed by atoms with Crippen LogP contribution in [0.1, 0.15) is 38.5 Å². The number of nitrogens with one attached hydrogen (secondary N) is 1. The molecule has 3 nitrogen and oxygen atoms in total. The number of hydrogen-bond acceptors (Lipinski definition) is 3. The first-order valence-corrected chi connectivity index (χ1v) is 7.09. The molecule has 19 heavy (non-hydrogen) atoms. The van der Waals surface area contributed by atoms with Gasteiger partial charge >= 0.3 is 0 Å². The maximum absolute atomic E-state index is 5.60. The van der Waals surface area contributed by atoms with Crippen molar-refractivity contribution in [1.29, 1.82) is 0 Å². The first-order chi connectivity index (χ1) is 9.17. The zero-order valence-corrected chi connectivity index (χ0v) is 12.4. The lowest BCUT2D eigenvalue weighted by atomic mass is 10.2. The second-order valence-corrected chi connectivity index (χ2v) is 5.31. The molecule has 0 bridgehead atoms. The highest BCUT2D eigenvalue weighted by molar-refractivity contribution is 5.17. The average Bonchev–Trinajstić information content (AvgIpc) is 2.77. The van der Waals surface area contributed by atoms with Gasteiger partial charge in [0.2, 0.25) is 0 Å². The molecule has 0 aromatic carbocycles. The van der Waals surface area contributed by atoms with Crippen molar-refractivity contribution in [3.8, 4) is 12.3 Å². The van der Waals surface area contributed by atoms with Crippen molar-refractivity contribution in [2.24, 2.45) is 5.92 Å². The van der Waals surface area contributed by atoms with Crippen LogP contribution in [0.3, 0.4) is 0 Å². The van der Waals surface area contributed by atoms with E-state index in [1.54, 1.807) is 6.26 Å². The zero-order chi connectivity index (χ0) is 14.1. The first kappa shape index (κ1) is 15.8. The van der Waals surface area contributed by atoms with Gasteiger partial charge in [0.05, 0.1) is 19.4 Å². The Balaban J connectivity index is 2.53. The van der Waals surface area contributed by atoms with Gasteiger partial charge in [-0.25, -0.2) is 0 Å². The van der Waals surface area contributed by atoms with Crippen molar-refractivity contribution in [3.05, 3.63) is 23.7 Å². The molecule has 0 saturated heterocycles. The van der Waals surface area contributed by atoms with E-state index < -0.39 is 0 Å². The smallest absolute Gasteiger partial charge is 0.122 e. The molecule has 0 saturated carbocycles. The fourth-order valence-corrected chi connectivity index (χ4v) is 2.02. The van der Waals surface area contributed by atoms with Crippen molar-refractivity contribution in [3.63, 3.8) is 0 Å². The lowest BCUT2D eigenvalue weighted by molar-refractivity contribution is 0.270. The molecule has 1 N–H and O–H groups in total. The van der Waals surface area contributed by atoms with E-state index in [0.29, 0.717) is 12.5 Å². The van der Waals surface area contributed by atoms with E-state index in [0.717, 1.165) is 38.4 Å². The standard InChI is InChI=1S/C16H26N2O/c1-5-8-18(9-6-2)13-16-15(7-10-19-16)12-17-11-14(3)4/h1,7,10,14,17H,6,8-9,11-13H2,2-4H3. The molecule has 1 rings (SSSR count). The second-order valence-electron chi connectivity index (χ2n) is 5.31. The van der Waals surface area contributed by atoms with Gasteiger partial charge in [-0.1, -0.05) is 26.7 Å². The van der Waals surface area contributed by atoms with Crippen molar-refractivity contribution < 1.29 is 4.42 Å². The Morgan fingerprint density at radius 3 is 2.89 bits per heavy atom. The summed E-state index contributed by atoms with van der Waals surface area (Å²) in [5, 5.41) is 3.45. The van der Waals surface area contributed by atoms with E-state index in [1.807, 2.05) is 6.07 Å². The molecule has 1 aromatic heterocycles. The predicted octanol–water partition coefficient (Wildman–Crippen LogP) is 2.87. The fourth-order valence-electron chi connectivity index (χ4n) is 2.02. The van der Waals surface area contributed by atoms with Gasteiger partial charge in [0, 0.05) is 12.1 Å². The number of furan rings is 1. The maximum Gasteiger partial charge on any atom is 0.122 e. The molecular weight excluding hydrogens is 236 g/mol. The third-order valence-corrected chi connectivity index (χ3v) is 2.93. The highest BCUT2D eigenvalue weighted by Gasteiger charge is 2.11. The van der Waals surface area contributed by atoms with E-state index in [-0.39, 0.29) is 0 Å². The summed E-state index contributed by atoms with van der Waals surface area (Å²) < 4.78 is 5.60. The summed E-state index contributed by atoms with van der Waals surface area (Å²) in [7, 11) is 0. The molecular formula is C16H26N2O. The van der Waals surface area contributed by atoms with Crippen LogP contribution in [-0.2, 0) is 13.1 Å². The Hall–Kier alpha value is -1.24. The summed E-state index contributed by atoms with van der Waals surface area (Å²) in [5.74, 6) is 4.40. The summed E-state index contributed by atoms with van der Waals surface area (Å²) in [6.07, 6.45) is 8.27. The third-order valence-electron chi connectivity index (χ3n) is 2.93. The monoisotopic (exact) mass is 262 g/mol. The lowest BCUT2D eigenvalue weighted by Gasteiger charge is -2.18. The molecule has 106 valence electrons. The van der Waals surface area contributed by atoms with Crippen LogP contribution in [0.15, 0.2) is 16.7 Å². The molecule has 0 atom stereocenters. The van der Waals surface area contributed by atoms with E-state index in [9.17, 15) is 0 Å². The first-order valence-electron chi connectivity index (χ1n) is 7.09. The van der Waals surface area contributed by atoms with E-state index in [2.05, 4.69) is 36.9 Å². The Kier molecular flexibility index (Phi) is 7.32. The molecule has 1 aromatic rings. The molecule has 1 heterocycles. The molecule has 0 unspecified atom stereocenters. The zero-order valence-electron chi connectivity index (χ0n) is 12.4. The van der Waals surface area contributed by atoms with Gasteiger partial charge in [0.25, 0.3) is 0 Å². The van der Waals surface area contributed by atoms with E-state index in [4.69, 9.17) is 10.8 Å².